The Kier molecular flexibility index (Phi) is 2.97. The molecule has 0 amide bonds. The van der Waals surface area contributed by atoms with Crippen molar-refractivity contribution in [3.8, 4) is 11.4 Å². The van der Waals surface area contributed by atoms with Crippen molar-refractivity contribution in [3.63, 3.8) is 0 Å². The number of fused-ring (bicyclic) bond motifs is 1. The van der Waals surface area contributed by atoms with Crippen LogP contribution in [-0.4, -0.2) is 20.1 Å². The third-order valence-electron chi connectivity index (χ3n) is 3.63. The van der Waals surface area contributed by atoms with Crippen LogP contribution in [0.3, 0.4) is 0 Å². The standard InChI is InChI=1S/C17H19N3O/c1-11-9-15(16(21)10-12(11)17(2,3)4)20-18-13-7-5-6-8-14(13)19-20/h5-10,21H,1-4H3. The molecule has 4 nitrogen and oxygen atoms in total. The summed E-state index contributed by atoms with van der Waals surface area (Å²) in [5, 5.41) is 19.2. The Labute approximate surface area is 124 Å². The molecule has 3 rings (SSSR count). The van der Waals surface area contributed by atoms with Crippen molar-refractivity contribution in [1.29, 1.82) is 0 Å². The Balaban J connectivity index is 2.17. The van der Waals surface area contributed by atoms with E-state index in [1.54, 1.807) is 0 Å². The van der Waals surface area contributed by atoms with Crippen molar-refractivity contribution >= 4 is 11.0 Å². The Morgan fingerprint density at radius 3 is 2.10 bits per heavy atom. The second kappa shape index (κ2) is 4.58. The van der Waals surface area contributed by atoms with Crippen LogP contribution in [0.1, 0.15) is 31.9 Å². The topological polar surface area (TPSA) is 50.9 Å². The first-order chi connectivity index (χ1) is 9.86. The van der Waals surface area contributed by atoms with Crippen molar-refractivity contribution in [2.45, 2.75) is 33.1 Å². The first kappa shape index (κ1) is 13.6. The molecule has 2 aromatic carbocycles. The van der Waals surface area contributed by atoms with Crippen LogP contribution >= 0.6 is 0 Å². The zero-order valence-corrected chi connectivity index (χ0v) is 12.8. The van der Waals surface area contributed by atoms with E-state index in [-0.39, 0.29) is 11.2 Å². The molecule has 0 saturated carbocycles. The highest BCUT2D eigenvalue weighted by molar-refractivity contribution is 5.73. The highest BCUT2D eigenvalue weighted by Crippen LogP contribution is 2.32. The maximum Gasteiger partial charge on any atom is 0.143 e. The van der Waals surface area contributed by atoms with Crippen LogP contribution in [0.4, 0.5) is 0 Å². The van der Waals surface area contributed by atoms with E-state index in [9.17, 15) is 5.11 Å². The number of hydrogen-bond acceptors (Lipinski definition) is 3. The van der Waals surface area contributed by atoms with Gasteiger partial charge in [0.25, 0.3) is 0 Å². The summed E-state index contributed by atoms with van der Waals surface area (Å²) in [5.74, 6) is 0.200. The third kappa shape index (κ3) is 2.37. The Morgan fingerprint density at radius 2 is 1.57 bits per heavy atom. The molecule has 0 unspecified atom stereocenters. The highest BCUT2D eigenvalue weighted by atomic mass is 16.3. The van der Waals surface area contributed by atoms with E-state index >= 15 is 0 Å². The molecule has 0 saturated heterocycles. The fourth-order valence-corrected chi connectivity index (χ4v) is 2.62. The molecule has 4 heteroatoms. The average Bonchev–Trinajstić information content (AvgIpc) is 2.83. The zero-order chi connectivity index (χ0) is 15.2. The van der Waals surface area contributed by atoms with Gasteiger partial charge in [-0.05, 0) is 47.7 Å². The molecule has 0 aliphatic rings. The van der Waals surface area contributed by atoms with Crippen LogP contribution in [0.25, 0.3) is 16.7 Å². The van der Waals surface area contributed by atoms with Gasteiger partial charge in [0.05, 0.1) is 0 Å². The van der Waals surface area contributed by atoms with Crippen molar-refractivity contribution < 1.29 is 5.11 Å². The maximum absolute atomic E-state index is 10.4. The molecule has 0 aliphatic carbocycles. The minimum Gasteiger partial charge on any atom is -0.506 e. The molecule has 21 heavy (non-hydrogen) atoms. The van der Waals surface area contributed by atoms with Crippen molar-refractivity contribution in [3.05, 3.63) is 47.5 Å². The van der Waals surface area contributed by atoms with Gasteiger partial charge in [-0.15, -0.1) is 15.0 Å². The van der Waals surface area contributed by atoms with Crippen LogP contribution in [-0.2, 0) is 5.41 Å². The molecule has 1 N–H and O–H groups in total. The second-order valence-electron chi connectivity index (χ2n) is 6.38. The Bertz CT molecular complexity index is 780. The number of hydrogen-bond donors (Lipinski definition) is 1. The van der Waals surface area contributed by atoms with Gasteiger partial charge in [0, 0.05) is 0 Å². The third-order valence-corrected chi connectivity index (χ3v) is 3.63. The molecular formula is C17H19N3O. The van der Waals surface area contributed by atoms with Gasteiger partial charge >= 0.3 is 0 Å². The SMILES string of the molecule is Cc1cc(-n2nc3ccccc3n2)c(O)cc1C(C)(C)C. The predicted octanol–water partition coefficient (Wildman–Crippen LogP) is 3.73. The number of rotatable bonds is 1. The summed E-state index contributed by atoms with van der Waals surface area (Å²) in [7, 11) is 0. The van der Waals surface area contributed by atoms with Crippen LogP contribution < -0.4 is 0 Å². The summed E-state index contributed by atoms with van der Waals surface area (Å²) >= 11 is 0. The van der Waals surface area contributed by atoms with E-state index in [0.717, 1.165) is 22.2 Å². The molecular weight excluding hydrogens is 262 g/mol. The van der Waals surface area contributed by atoms with E-state index < -0.39 is 0 Å². The first-order valence-electron chi connectivity index (χ1n) is 7.03. The number of benzene rings is 2. The summed E-state index contributed by atoms with van der Waals surface area (Å²) in [4.78, 5) is 1.50. The van der Waals surface area contributed by atoms with E-state index in [4.69, 9.17) is 0 Å². The van der Waals surface area contributed by atoms with Gasteiger partial charge in [-0.1, -0.05) is 32.9 Å². The van der Waals surface area contributed by atoms with E-state index in [1.165, 1.54) is 4.80 Å². The van der Waals surface area contributed by atoms with Gasteiger partial charge in [0.2, 0.25) is 0 Å². The molecule has 0 spiro atoms. The van der Waals surface area contributed by atoms with Gasteiger partial charge < -0.3 is 5.11 Å². The number of phenols is 1. The van der Waals surface area contributed by atoms with Gasteiger partial charge in [-0.25, -0.2) is 0 Å². The lowest BCUT2D eigenvalue weighted by Gasteiger charge is -2.22. The van der Waals surface area contributed by atoms with Crippen molar-refractivity contribution in [2.75, 3.05) is 0 Å². The first-order valence-corrected chi connectivity index (χ1v) is 7.03. The zero-order valence-electron chi connectivity index (χ0n) is 12.8. The minimum atomic E-state index is -0.0116. The number of aryl methyl sites for hydroxylation is 1. The van der Waals surface area contributed by atoms with Crippen LogP contribution in [0.15, 0.2) is 36.4 Å². The smallest absolute Gasteiger partial charge is 0.143 e. The second-order valence-corrected chi connectivity index (χ2v) is 6.38. The number of aromatic hydroxyl groups is 1. The summed E-state index contributed by atoms with van der Waals surface area (Å²) in [5.41, 5.74) is 4.47. The average molecular weight is 281 g/mol. The van der Waals surface area contributed by atoms with Gasteiger partial charge in [-0.3, -0.25) is 0 Å². The van der Waals surface area contributed by atoms with Gasteiger partial charge in [-0.2, -0.15) is 0 Å². The van der Waals surface area contributed by atoms with Gasteiger partial charge in [0.15, 0.2) is 0 Å². The molecule has 0 radical (unpaired) electrons. The monoisotopic (exact) mass is 281 g/mol. The van der Waals surface area contributed by atoms with E-state index in [2.05, 4.69) is 31.0 Å². The van der Waals surface area contributed by atoms with Crippen LogP contribution in [0.5, 0.6) is 5.75 Å². The fourth-order valence-electron chi connectivity index (χ4n) is 2.62. The number of aromatic nitrogens is 3. The number of phenolic OH excluding ortho intramolecular Hbond substituents is 1. The predicted molar refractivity (Wildman–Crippen MR) is 84.0 cm³/mol. The van der Waals surface area contributed by atoms with E-state index in [1.807, 2.05) is 43.3 Å². The van der Waals surface area contributed by atoms with Crippen LogP contribution in [0.2, 0.25) is 0 Å². The summed E-state index contributed by atoms with van der Waals surface area (Å²) in [6.07, 6.45) is 0. The van der Waals surface area contributed by atoms with E-state index in [0.29, 0.717) is 5.69 Å². The molecule has 3 aromatic rings. The summed E-state index contributed by atoms with van der Waals surface area (Å²) in [6, 6.07) is 11.4. The Morgan fingerprint density at radius 1 is 1.00 bits per heavy atom. The highest BCUT2D eigenvalue weighted by Gasteiger charge is 2.19. The normalized spacial score (nSPS) is 12.0. The lowest BCUT2D eigenvalue weighted by Crippen LogP contribution is -2.13. The van der Waals surface area contributed by atoms with Crippen molar-refractivity contribution in [2.24, 2.45) is 0 Å². The quantitative estimate of drug-likeness (QED) is 0.739. The number of nitrogens with zero attached hydrogens (tertiary/aromatic N) is 3. The molecule has 0 atom stereocenters. The Hall–Kier alpha value is -2.36. The molecule has 1 heterocycles. The molecule has 108 valence electrons. The largest absolute Gasteiger partial charge is 0.506 e. The van der Waals surface area contributed by atoms with Crippen molar-refractivity contribution in [1.82, 2.24) is 15.0 Å². The van der Waals surface area contributed by atoms with Gasteiger partial charge in [0.1, 0.15) is 22.5 Å². The minimum absolute atomic E-state index is 0.0116. The fraction of sp³-hybridized carbons (Fsp3) is 0.294. The summed E-state index contributed by atoms with van der Waals surface area (Å²) in [6.45, 7) is 8.45. The molecule has 0 fully saturated rings. The molecule has 0 aliphatic heterocycles. The lowest BCUT2D eigenvalue weighted by atomic mass is 9.84. The molecule has 1 aromatic heterocycles. The lowest BCUT2D eigenvalue weighted by molar-refractivity contribution is 0.463. The maximum atomic E-state index is 10.4. The molecule has 0 bridgehead atoms. The van der Waals surface area contributed by atoms with Crippen LogP contribution in [0, 0.1) is 6.92 Å². The summed E-state index contributed by atoms with van der Waals surface area (Å²) < 4.78 is 0.